The summed E-state index contributed by atoms with van der Waals surface area (Å²) >= 11 is 0. The second kappa shape index (κ2) is 7.37. The Morgan fingerprint density at radius 3 is 2.46 bits per heavy atom. The number of nitrogens with zero attached hydrogens (tertiary/aromatic N) is 4. The fourth-order valence-electron chi connectivity index (χ4n) is 2.68. The monoisotopic (exact) mass is 370 g/mol. The van der Waals surface area contributed by atoms with Gasteiger partial charge in [0.25, 0.3) is 0 Å². The van der Waals surface area contributed by atoms with E-state index in [0.29, 0.717) is 6.54 Å². The summed E-state index contributed by atoms with van der Waals surface area (Å²) in [5.41, 5.74) is 3.30. The highest BCUT2D eigenvalue weighted by molar-refractivity contribution is 7.90. The van der Waals surface area contributed by atoms with Crippen molar-refractivity contribution in [2.45, 2.75) is 26.3 Å². The number of benzene rings is 1. The van der Waals surface area contributed by atoms with Gasteiger partial charge in [-0.25, -0.2) is 23.4 Å². The molecule has 2 aromatic heterocycles. The zero-order chi connectivity index (χ0) is 18.7. The van der Waals surface area contributed by atoms with Gasteiger partial charge in [-0.05, 0) is 6.07 Å². The molecule has 0 atom stereocenters. The van der Waals surface area contributed by atoms with Crippen LogP contribution in [0.1, 0.15) is 25.6 Å². The lowest BCUT2D eigenvalue weighted by atomic mass is 10.1. The molecule has 136 valence electrons. The Morgan fingerprint density at radius 2 is 1.81 bits per heavy atom. The Morgan fingerprint density at radius 1 is 1.08 bits per heavy atom. The zero-order valence-corrected chi connectivity index (χ0v) is 15.9. The van der Waals surface area contributed by atoms with Crippen LogP contribution in [-0.4, -0.2) is 39.9 Å². The van der Waals surface area contributed by atoms with E-state index < -0.39 is 9.84 Å². The van der Waals surface area contributed by atoms with Crippen LogP contribution in [0.3, 0.4) is 0 Å². The van der Waals surface area contributed by atoms with E-state index in [1.807, 2.05) is 54.8 Å². The minimum Gasteiger partial charge on any atom is -0.328 e. The van der Waals surface area contributed by atoms with Gasteiger partial charge in [-0.3, -0.25) is 0 Å². The van der Waals surface area contributed by atoms with Gasteiger partial charge in [0.2, 0.25) is 0 Å². The molecule has 0 saturated carbocycles. The normalized spacial score (nSPS) is 11.8. The van der Waals surface area contributed by atoms with Crippen LogP contribution in [0.4, 0.5) is 0 Å². The van der Waals surface area contributed by atoms with E-state index in [9.17, 15) is 8.42 Å². The molecule has 0 spiro atoms. The Balaban J connectivity index is 2.13. The molecule has 3 rings (SSSR count). The summed E-state index contributed by atoms with van der Waals surface area (Å²) in [7, 11) is -3.08. The second-order valence-electron chi connectivity index (χ2n) is 6.59. The Labute approximate surface area is 153 Å². The van der Waals surface area contributed by atoms with Gasteiger partial charge in [-0.2, -0.15) is 0 Å². The maximum atomic E-state index is 11.6. The number of sulfone groups is 1. The van der Waals surface area contributed by atoms with E-state index in [1.165, 1.54) is 6.26 Å². The molecule has 3 aromatic rings. The van der Waals surface area contributed by atoms with Gasteiger partial charge in [-0.1, -0.05) is 44.2 Å². The zero-order valence-electron chi connectivity index (χ0n) is 15.1. The third-order valence-corrected chi connectivity index (χ3v) is 4.95. The lowest BCUT2D eigenvalue weighted by molar-refractivity contribution is 0.595. The average Bonchev–Trinajstić information content (AvgIpc) is 3.04. The molecule has 0 aliphatic carbocycles. The summed E-state index contributed by atoms with van der Waals surface area (Å²) in [6.07, 6.45) is 4.66. The van der Waals surface area contributed by atoms with Crippen LogP contribution in [0.25, 0.3) is 22.6 Å². The fourth-order valence-corrected chi connectivity index (χ4v) is 3.20. The van der Waals surface area contributed by atoms with Gasteiger partial charge in [-0.15, -0.1) is 0 Å². The minimum atomic E-state index is -3.08. The fraction of sp³-hybridized carbons (Fsp3) is 0.316. The molecule has 1 aromatic carbocycles. The third kappa shape index (κ3) is 4.16. The van der Waals surface area contributed by atoms with Crippen molar-refractivity contribution in [3.63, 3.8) is 0 Å². The summed E-state index contributed by atoms with van der Waals surface area (Å²) in [5, 5.41) is 0. The minimum absolute atomic E-state index is 0.0483. The molecule has 0 saturated heterocycles. The Hall–Kier alpha value is -2.54. The van der Waals surface area contributed by atoms with Crippen molar-refractivity contribution in [2.75, 3.05) is 12.0 Å². The smallest absolute Gasteiger partial charge is 0.149 e. The van der Waals surface area contributed by atoms with Gasteiger partial charge in [0, 0.05) is 30.5 Å². The van der Waals surface area contributed by atoms with E-state index >= 15 is 0 Å². The average molecular weight is 370 g/mol. The SMILES string of the molecule is CC(C)c1nccc(-c2c(-c3ccccc3)ncn2CCS(C)(=O)=O)n1. The summed E-state index contributed by atoms with van der Waals surface area (Å²) in [5.74, 6) is 0.993. The number of hydrogen-bond acceptors (Lipinski definition) is 5. The maximum absolute atomic E-state index is 11.6. The topological polar surface area (TPSA) is 77.7 Å². The molecule has 0 radical (unpaired) electrons. The summed E-state index contributed by atoms with van der Waals surface area (Å²) in [6, 6.07) is 11.7. The number of hydrogen-bond donors (Lipinski definition) is 0. The number of rotatable bonds is 6. The van der Waals surface area contributed by atoms with E-state index in [4.69, 9.17) is 0 Å². The van der Waals surface area contributed by atoms with Gasteiger partial charge in [0.15, 0.2) is 0 Å². The molecule has 2 heterocycles. The molecule has 0 amide bonds. The van der Waals surface area contributed by atoms with Crippen LogP contribution in [0.5, 0.6) is 0 Å². The van der Waals surface area contributed by atoms with Crippen molar-refractivity contribution in [3.8, 4) is 22.6 Å². The highest BCUT2D eigenvalue weighted by atomic mass is 32.2. The molecule has 7 heteroatoms. The highest BCUT2D eigenvalue weighted by Gasteiger charge is 2.18. The molecular formula is C19H22N4O2S. The van der Waals surface area contributed by atoms with Crippen molar-refractivity contribution in [3.05, 3.63) is 54.7 Å². The van der Waals surface area contributed by atoms with E-state index in [2.05, 4.69) is 15.0 Å². The van der Waals surface area contributed by atoms with Gasteiger partial charge >= 0.3 is 0 Å². The van der Waals surface area contributed by atoms with Gasteiger partial charge in [0.1, 0.15) is 15.7 Å². The highest BCUT2D eigenvalue weighted by Crippen LogP contribution is 2.30. The number of imidazole rings is 1. The van der Waals surface area contributed by atoms with Crippen molar-refractivity contribution in [1.29, 1.82) is 0 Å². The second-order valence-corrected chi connectivity index (χ2v) is 8.85. The van der Waals surface area contributed by atoms with Gasteiger partial charge in [0.05, 0.1) is 29.2 Å². The third-order valence-electron chi connectivity index (χ3n) is 4.02. The number of aryl methyl sites for hydroxylation is 1. The molecule has 0 bridgehead atoms. The first kappa shape index (κ1) is 18.3. The van der Waals surface area contributed by atoms with Crippen molar-refractivity contribution < 1.29 is 8.42 Å². The van der Waals surface area contributed by atoms with Crippen LogP contribution < -0.4 is 0 Å². The van der Waals surface area contributed by atoms with Crippen molar-refractivity contribution in [1.82, 2.24) is 19.5 Å². The molecule has 0 N–H and O–H groups in total. The summed E-state index contributed by atoms with van der Waals surface area (Å²) in [6.45, 7) is 4.41. The van der Waals surface area contributed by atoms with Gasteiger partial charge < -0.3 is 4.57 Å². The van der Waals surface area contributed by atoms with Crippen molar-refractivity contribution >= 4 is 9.84 Å². The first-order chi connectivity index (χ1) is 12.3. The van der Waals surface area contributed by atoms with E-state index in [0.717, 1.165) is 28.5 Å². The first-order valence-electron chi connectivity index (χ1n) is 8.47. The standard InChI is InChI=1S/C19H22N4O2S/c1-14(2)19-20-10-9-16(22-19)18-17(15-7-5-4-6-8-15)21-13-23(18)11-12-26(3,24)25/h4-10,13-14H,11-12H2,1-3H3. The lowest BCUT2D eigenvalue weighted by Gasteiger charge is -2.11. The van der Waals surface area contributed by atoms with Crippen LogP contribution in [0, 0.1) is 0 Å². The molecule has 0 aliphatic rings. The van der Waals surface area contributed by atoms with Crippen LogP contribution in [0.2, 0.25) is 0 Å². The quantitative estimate of drug-likeness (QED) is 0.666. The Bertz CT molecular complexity index is 995. The molecule has 0 aliphatic heterocycles. The predicted octanol–water partition coefficient (Wildman–Crippen LogP) is 3.18. The van der Waals surface area contributed by atoms with Crippen LogP contribution in [0.15, 0.2) is 48.9 Å². The Kier molecular flexibility index (Phi) is 5.18. The molecule has 0 fully saturated rings. The first-order valence-corrected chi connectivity index (χ1v) is 10.5. The molecular weight excluding hydrogens is 348 g/mol. The van der Waals surface area contributed by atoms with Crippen LogP contribution in [-0.2, 0) is 16.4 Å². The van der Waals surface area contributed by atoms with Crippen molar-refractivity contribution in [2.24, 2.45) is 0 Å². The lowest BCUT2D eigenvalue weighted by Crippen LogP contribution is -2.12. The molecule has 6 nitrogen and oxygen atoms in total. The summed E-state index contributed by atoms with van der Waals surface area (Å²) in [4.78, 5) is 13.6. The van der Waals surface area contributed by atoms with Crippen LogP contribution >= 0.6 is 0 Å². The maximum Gasteiger partial charge on any atom is 0.149 e. The van der Waals surface area contributed by atoms with E-state index in [1.54, 1.807) is 12.5 Å². The molecule has 0 unspecified atom stereocenters. The number of aromatic nitrogens is 4. The van der Waals surface area contributed by atoms with E-state index in [-0.39, 0.29) is 11.7 Å². The molecule has 26 heavy (non-hydrogen) atoms. The predicted molar refractivity (Wildman–Crippen MR) is 102 cm³/mol. The summed E-state index contributed by atoms with van der Waals surface area (Å²) < 4.78 is 25.1. The largest absolute Gasteiger partial charge is 0.328 e.